The Bertz CT molecular complexity index is 643. The Hall–Kier alpha value is -1.15. The Morgan fingerprint density at radius 3 is 2.28 bits per heavy atom. The molecule has 1 saturated heterocycles. The molecule has 0 radical (unpaired) electrons. The van der Waals surface area contributed by atoms with Crippen LogP contribution in [-0.2, 0) is 10.2 Å². The standard InChI is InChI=1S/C23H31NO/c1-17-4-6-20(7-5-17)22-11-18-10-19(12-22)14-23(13-18,16-22)21(15-25)24-8-2-3-9-24/h4-7,15,18-19,21H,2-3,8-14,16H2,1H3. The summed E-state index contributed by atoms with van der Waals surface area (Å²) in [5.41, 5.74) is 3.51. The van der Waals surface area contributed by atoms with Crippen molar-refractivity contribution in [2.45, 2.75) is 69.7 Å². The van der Waals surface area contributed by atoms with Crippen LogP contribution < -0.4 is 0 Å². The molecule has 4 saturated carbocycles. The van der Waals surface area contributed by atoms with Crippen molar-refractivity contribution in [2.24, 2.45) is 17.3 Å². The van der Waals surface area contributed by atoms with Gasteiger partial charge < -0.3 is 4.79 Å². The summed E-state index contributed by atoms with van der Waals surface area (Å²) in [5, 5.41) is 0. The maximum Gasteiger partial charge on any atom is 0.137 e. The molecule has 0 amide bonds. The molecule has 5 fully saturated rings. The molecule has 0 N–H and O–H groups in total. The average Bonchev–Trinajstić information content (AvgIpc) is 3.08. The van der Waals surface area contributed by atoms with Gasteiger partial charge in [0.1, 0.15) is 6.29 Å². The van der Waals surface area contributed by atoms with Crippen LogP contribution in [0.1, 0.15) is 62.5 Å². The normalized spacial score (nSPS) is 41.2. The fourth-order valence-electron chi connectivity index (χ4n) is 7.56. The van der Waals surface area contributed by atoms with E-state index in [0.717, 1.165) is 24.9 Å². The molecule has 0 spiro atoms. The van der Waals surface area contributed by atoms with Gasteiger partial charge in [-0.3, -0.25) is 4.90 Å². The van der Waals surface area contributed by atoms with E-state index in [1.807, 2.05) is 0 Å². The number of benzene rings is 1. The zero-order valence-corrected chi connectivity index (χ0v) is 15.5. The highest BCUT2D eigenvalue weighted by atomic mass is 16.1. The second-order valence-electron chi connectivity index (χ2n) is 9.79. The van der Waals surface area contributed by atoms with Gasteiger partial charge in [0.25, 0.3) is 0 Å². The van der Waals surface area contributed by atoms with Crippen LogP contribution in [0.3, 0.4) is 0 Å². The third kappa shape index (κ3) is 2.44. The van der Waals surface area contributed by atoms with E-state index in [4.69, 9.17) is 0 Å². The summed E-state index contributed by atoms with van der Waals surface area (Å²) >= 11 is 0. The van der Waals surface area contributed by atoms with E-state index < -0.39 is 0 Å². The lowest BCUT2D eigenvalue weighted by molar-refractivity contribution is -0.135. The van der Waals surface area contributed by atoms with E-state index in [1.165, 1.54) is 63.2 Å². The number of carbonyl (C=O) groups is 1. The minimum atomic E-state index is 0.172. The van der Waals surface area contributed by atoms with Crippen molar-refractivity contribution in [3.8, 4) is 0 Å². The van der Waals surface area contributed by atoms with Crippen LogP contribution in [0.15, 0.2) is 24.3 Å². The Morgan fingerprint density at radius 2 is 1.68 bits per heavy atom. The molecule has 2 nitrogen and oxygen atoms in total. The fraction of sp³-hybridized carbons (Fsp3) is 0.696. The Kier molecular flexibility index (Phi) is 3.64. The number of hydrogen-bond donors (Lipinski definition) is 0. The molecule has 1 aromatic carbocycles. The first-order valence-electron chi connectivity index (χ1n) is 10.4. The van der Waals surface area contributed by atoms with Crippen molar-refractivity contribution in [2.75, 3.05) is 13.1 Å². The number of likely N-dealkylation sites (tertiary alicyclic amines) is 1. The predicted molar refractivity (Wildman–Crippen MR) is 101 cm³/mol. The highest BCUT2D eigenvalue weighted by Crippen LogP contribution is 2.67. The summed E-state index contributed by atoms with van der Waals surface area (Å²) in [6, 6.07) is 9.53. The van der Waals surface area contributed by atoms with Crippen molar-refractivity contribution in [1.29, 1.82) is 0 Å². The third-order valence-corrected chi connectivity index (χ3v) is 8.06. The van der Waals surface area contributed by atoms with Gasteiger partial charge in [0.05, 0.1) is 6.04 Å². The van der Waals surface area contributed by atoms with Crippen LogP contribution >= 0.6 is 0 Å². The number of rotatable bonds is 4. The molecule has 134 valence electrons. The van der Waals surface area contributed by atoms with Crippen LogP contribution in [0.2, 0.25) is 0 Å². The van der Waals surface area contributed by atoms with Crippen LogP contribution in [0.5, 0.6) is 0 Å². The highest BCUT2D eigenvalue weighted by molar-refractivity contribution is 5.60. The van der Waals surface area contributed by atoms with Crippen LogP contribution in [-0.4, -0.2) is 30.3 Å². The molecule has 3 unspecified atom stereocenters. The number of aryl methyl sites for hydroxylation is 1. The lowest BCUT2D eigenvalue weighted by Gasteiger charge is -2.64. The SMILES string of the molecule is Cc1ccc(C23CC4CC(C2)CC(C(C=O)N2CCCC2)(C4)C3)cc1. The van der Waals surface area contributed by atoms with Crippen molar-refractivity contribution in [1.82, 2.24) is 4.90 Å². The molecule has 1 heterocycles. The first-order chi connectivity index (χ1) is 12.1. The van der Waals surface area contributed by atoms with Gasteiger partial charge in [-0.15, -0.1) is 0 Å². The van der Waals surface area contributed by atoms with Gasteiger partial charge in [0, 0.05) is 0 Å². The van der Waals surface area contributed by atoms with Gasteiger partial charge in [-0.2, -0.15) is 0 Å². The van der Waals surface area contributed by atoms with Crippen molar-refractivity contribution < 1.29 is 4.79 Å². The quantitative estimate of drug-likeness (QED) is 0.754. The zero-order valence-electron chi connectivity index (χ0n) is 15.5. The maximum absolute atomic E-state index is 12.3. The van der Waals surface area contributed by atoms with E-state index in [2.05, 4.69) is 36.1 Å². The topological polar surface area (TPSA) is 20.3 Å². The molecular formula is C23H31NO. The van der Waals surface area contributed by atoms with Crippen molar-refractivity contribution in [3.05, 3.63) is 35.4 Å². The van der Waals surface area contributed by atoms with Crippen LogP contribution in [0.25, 0.3) is 0 Å². The largest absolute Gasteiger partial charge is 0.302 e. The Balaban J connectivity index is 1.53. The van der Waals surface area contributed by atoms with Gasteiger partial charge in [-0.1, -0.05) is 29.8 Å². The summed E-state index contributed by atoms with van der Waals surface area (Å²) < 4.78 is 0. The van der Waals surface area contributed by atoms with Gasteiger partial charge in [0.15, 0.2) is 0 Å². The lowest BCUT2D eigenvalue weighted by Crippen LogP contribution is -2.61. The lowest BCUT2D eigenvalue weighted by atomic mass is 9.41. The van der Waals surface area contributed by atoms with E-state index in [1.54, 1.807) is 5.56 Å². The van der Waals surface area contributed by atoms with Crippen LogP contribution in [0.4, 0.5) is 0 Å². The molecule has 25 heavy (non-hydrogen) atoms. The molecule has 2 heteroatoms. The second kappa shape index (κ2) is 5.67. The number of nitrogens with zero attached hydrogens (tertiary/aromatic N) is 1. The molecule has 4 aliphatic carbocycles. The fourth-order valence-corrected chi connectivity index (χ4v) is 7.56. The molecule has 4 bridgehead atoms. The summed E-state index contributed by atoms with van der Waals surface area (Å²) in [5.74, 6) is 1.68. The molecule has 1 aromatic rings. The highest BCUT2D eigenvalue weighted by Gasteiger charge is 2.61. The summed E-state index contributed by atoms with van der Waals surface area (Å²) in [7, 11) is 0. The van der Waals surface area contributed by atoms with Gasteiger partial charge in [0.2, 0.25) is 0 Å². The molecule has 0 aromatic heterocycles. The van der Waals surface area contributed by atoms with Crippen molar-refractivity contribution >= 4 is 6.29 Å². The molecule has 3 atom stereocenters. The first-order valence-corrected chi connectivity index (χ1v) is 10.4. The van der Waals surface area contributed by atoms with Gasteiger partial charge in [-0.25, -0.2) is 0 Å². The Labute approximate surface area is 152 Å². The number of aldehydes is 1. The predicted octanol–water partition coefficient (Wildman–Crippen LogP) is 4.50. The molecule has 5 aliphatic rings. The maximum atomic E-state index is 12.3. The van der Waals surface area contributed by atoms with E-state index in [-0.39, 0.29) is 11.5 Å². The number of hydrogen-bond acceptors (Lipinski definition) is 2. The minimum Gasteiger partial charge on any atom is -0.302 e. The zero-order chi connectivity index (χ0) is 17.1. The monoisotopic (exact) mass is 337 g/mol. The third-order valence-electron chi connectivity index (χ3n) is 8.06. The van der Waals surface area contributed by atoms with E-state index in [9.17, 15) is 4.79 Å². The first kappa shape index (κ1) is 16.1. The molecule has 6 rings (SSSR count). The molecular weight excluding hydrogens is 306 g/mol. The van der Waals surface area contributed by atoms with Crippen molar-refractivity contribution in [3.63, 3.8) is 0 Å². The average molecular weight is 338 g/mol. The second-order valence-corrected chi connectivity index (χ2v) is 9.79. The number of carbonyl (C=O) groups excluding carboxylic acids is 1. The minimum absolute atomic E-state index is 0.172. The molecule has 1 aliphatic heterocycles. The summed E-state index contributed by atoms with van der Waals surface area (Å²) in [6.07, 6.45) is 11.9. The van der Waals surface area contributed by atoms with Gasteiger partial charge >= 0.3 is 0 Å². The van der Waals surface area contributed by atoms with E-state index in [0.29, 0.717) is 5.41 Å². The van der Waals surface area contributed by atoms with E-state index >= 15 is 0 Å². The smallest absolute Gasteiger partial charge is 0.137 e. The Morgan fingerprint density at radius 1 is 1.04 bits per heavy atom. The summed E-state index contributed by atoms with van der Waals surface area (Å²) in [4.78, 5) is 14.8. The van der Waals surface area contributed by atoms with Gasteiger partial charge in [-0.05, 0) is 99.6 Å². The summed E-state index contributed by atoms with van der Waals surface area (Å²) in [6.45, 7) is 4.46. The van der Waals surface area contributed by atoms with Crippen LogP contribution in [0, 0.1) is 24.2 Å².